The lowest BCUT2D eigenvalue weighted by atomic mass is 10.1. The van der Waals surface area contributed by atoms with Crippen molar-refractivity contribution in [1.82, 2.24) is 9.78 Å². The fourth-order valence-electron chi connectivity index (χ4n) is 1.76. The summed E-state index contributed by atoms with van der Waals surface area (Å²) in [5, 5.41) is 4.05. The van der Waals surface area contributed by atoms with Gasteiger partial charge in [0.05, 0.1) is 6.04 Å². The molecule has 15 heavy (non-hydrogen) atoms. The summed E-state index contributed by atoms with van der Waals surface area (Å²) < 4.78 is 32.4. The average Bonchev–Trinajstić information content (AvgIpc) is 2.62. The third kappa shape index (κ3) is 2.36. The van der Waals surface area contributed by atoms with Gasteiger partial charge in [0.15, 0.2) is 0 Å². The quantitative estimate of drug-likeness (QED) is 0.833. The molecule has 1 aliphatic heterocycles. The van der Waals surface area contributed by atoms with Crippen molar-refractivity contribution in [1.29, 1.82) is 0 Å². The summed E-state index contributed by atoms with van der Waals surface area (Å²) in [7, 11) is 0. The van der Waals surface area contributed by atoms with Crippen LogP contribution in [0.3, 0.4) is 0 Å². The predicted molar refractivity (Wildman–Crippen MR) is 54.0 cm³/mol. The standard InChI is InChI=1S/C9H11BrF2N2O/c10-8-5-7(9(11)12)14(13-8)6-1-3-15-4-2-6/h5-6,9H,1-4H2. The van der Waals surface area contributed by atoms with E-state index < -0.39 is 6.43 Å². The Kier molecular flexibility index (Phi) is 3.35. The Morgan fingerprint density at radius 3 is 2.73 bits per heavy atom. The Morgan fingerprint density at radius 2 is 2.13 bits per heavy atom. The molecule has 0 saturated carbocycles. The second-order valence-corrected chi connectivity index (χ2v) is 4.29. The zero-order valence-corrected chi connectivity index (χ0v) is 9.58. The van der Waals surface area contributed by atoms with Gasteiger partial charge >= 0.3 is 0 Å². The molecule has 1 saturated heterocycles. The van der Waals surface area contributed by atoms with Crippen LogP contribution in [-0.4, -0.2) is 23.0 Å². The molecule has 0 aromatic carbocycles. The minimum atomic E-state index is -2.48. The molecule has 0 atom stereocenters. The highest BCUT2D eigenvalue weighted by atomic mass is 79.9. The number of aromatic nitrogens is 2. The molecule has 1 fully saturated rings. The van der Waals surface area contributed by atoms with Gasteiger partial charge in [0.25, 0.3) is 6.43 Å². The number of alkyl halides is 2. The van der Waals surface area contributed by atoms with Crippen LogP contribution in [0, 0.1) is 0 Å². The van der Waals surface area contributed by atoms with Crippen molar-refractivity contribution in [2.45, 2.75) is 25.3 Å². The summed E-state index contributed by atoms with van der Waals surface area (Å²) in [6, 6.07) is 1.41. The van der Waals surface area contributed by atoms with E-state index >= 15 is 0 Å². The number of hydrogen-bond acceptors (Lipinski definition) is 2. The molecule has 0 N–H and O–H groups in total. The summed E-state index contributed by atoms with van der Waals surface area (Å²) in [5.74, 6) is 0. The van der Waals surface area contributed by atoms with Crippen LogP contribution in [0.25, 0.3) is 0 Å². The molecule has 1 aromatic heterocycles. The highest BCUT2D eigenvalue weighted by Crippen LogP contribution is 2.29. The third-order valence-corrected chi connectivity index (χ3v) is 2.88. The van der Waals surface area contributed by atoms with Gasteiger partial charge in [-0.3, -0.25) is 4.68 Å². The lowest BCUT2D eigenvalue weighted by Gasteiger charge is -2.23. The van der Waals surface area contributed by atoms with Crippen LogP contribution in [0.1, 0.15) is 31.0 Å². The van der Waals surface area contributed by atoms with E-state index in [-0.39, 0.29) is 11.7 Å². The van der Waals surface area contributed by atoms with Crippen molar-refractivity contribution in [2.75, 3.05) is 13.2 Å². The molecule has 0 unspecified atom stereocenters. The number of halogens is 3. The van der Waals surface area contributed by atoms with E-state index in [0.717, 1.165) is 12.8 Å². The number of rotatable bonds is 2. The van der Waals surface area contributed by atoms with E-state index in [0.29, 0.717) is 17.8 Å². The molecule has 0 spiro atoms. The van der Waals surface area contributed by atoms with Crippen molar-refractivity contribution in [3.8, 4) is 0 Å². The Bertz CT molecular complexity index is 337. The topological polar surface area (TPSA) is 27.1 Å². The maximum atomic E-state index is 12.7. The molecule has 1 aromatic rings. The van der Waals surface area contributed by atoms with E-state index in [1.54, 1.807) is 0 Å². The Morgan fingerprint density at radius 1 is 1.47 bits per heavy atom. The molecule has 6 heteroatoms. The smallest absolute Gasteiger partial charge is 0.280 e. The molecule has 1 aliphatic rings. The van der Waals surface area contributed by atoms with Crippen molar-refractivity contribution in [3.05, 3.63) is 16.4 Å². The van der Waals surface area contributed by atoms with Crippen LogP contribution in [-0.2, 0) is 4.74 Å². The van der Waals surface area contributed by atoms with Crippen molar-refractivity contribution in [2.24, 2.45) is 0 Å². The Labute approximate surface area is 94.5 Å². The zero-order valence-electron chi connectivity index (χ0n) is 8.00. The first-order chi connectivity index (χ1) is 7.18. The van der Waals surface area contributed by atoms with E-state index in [9.17, 15) is 8.78 Å². The molecule has 2 heterocycles. The molecule has 0 bridgehead atoms. The third-order valence-electron chi connectivity index (χ3n) is 2.50. The van der Waals surface area contributed by atoms with E-state index in [4.69, 9.17) is 4.74 Å². The molecule has 0 aliphatic carbocycles. The summed E-state index contributed by atoms with van der Waals surface area (Å²) in [4.78, 5) is 0. The molecule has 0 radical (unpaired) electrons. The number of ether oxygens (including phenoxy) is 1. The minimum absolute atomic E-state index is 0.0197. The Balaban J connectivity index is 2.25. The lowest BCUT2D eigenvalue weighted by Crippen LogP contribution is -2.22. The van der Waals surface area contributed by atoms with E-state index in [1.807, 2.05) is 0 Å². The maximum absolute atomic E-state index is 12.7. The van der Waals surface area contributed by atoms with Gasteiger partial charge in [-0.1, -0.05) is 0 Å². The first-order valence-electron chi connectivity index (χ1n) is 4.79. The van der Waals surface area contributed by atoms with Gasteiger partial charge in [0, 0.05) is 13.2 Å². The van der Waals surface area contributed by atoms with Gasteiger partial charge in [-0.05, 0) is 34.8 Å². The van der Waals surface area contributed by atoms with Crippen LogP contribution in [0.5, 0.6) is 0 Å². The summed E-state index contributed by atoms with van der Waals surface area (Å²) in [6.45, 7) is 1.23. The lowest BCUT2D eigenvalue weighted by molar-refractivity contribution is 0.0594. The highest BCUT2D eigenvalue weighted by molar-refractivity contribution is 9.10. The van der Waals surface area contributed by atoms with Crippen LogP contribution >= 0.6 is 15.9 Å². The first kappa shape index (κ1) is 11.0. The molecule has 2 rings (SSSR count). The maximum Gasteiger partial charge on any atom is 0.280 e. The SMILES string of the molecule is FC(F)c1cc(Br)nn1C1CCOCC1. The number of nitrogens with zero attached hydrogens (tertiary/aromatic N) is 2. The van der Waals surface area contributed by atoms with Crippen molar-refractivity contribution < 1.29 is 13.5 Å². The van der Waals surface area contributed by atoms with Crippen LogP contribution in [0.15, 0.2) is 10.7 Å². The van der Waals surface area contributed by atoms with Gasteiger partial charge in [-0.2, -0.15) is 5.10 Å². The monoisotopic (exact) mass is 280 g/mol. The fraction of sp³-hybridized carbons (Fsp3) is 0.667. The van der Waals surface area contributed by atoms with Gasteiger partial charge in [0.1, 0.15) is 10.3 Å². The second-order valence-electron chi connectivity index (χ2n) is 3.48. The van der Waals surface area contributed by atoms with Gasteiger partial charge in [-0.15, -0.1) is 0 Å². The zero-order chi connectivity index (χ0) is 10.8. The van der Waals surface area contributed by atoms with Gasteiger partial charge in [-0.25, -0.2) is 8.78 Å². The summed E-state index contributed by atoms with van der Waals surface area (Å²) >= 11 is 3.12. The van der Waals surface area contributed by atoms with Crippen molar-refractivity contribution in [3.63, 3.8) is 0 Å². The van der Waals surface area contributed by atoms with Crippen LogP contribution < -0.4 is 0 Å². The minimum Gasteiger partial charge on any atom is -0.381 e. The fourth-order valence-corrected chi connectivity index (χ4v) is 2.17. The second kappa shape index (κ2) is 4.57. The van der Waals surface area contributed by atoms with Crippen LogP contribution in [0.2, 0.25) is 0 Å². The van der Waals surface area contributed by atoms with Gasteiger partial charge < -0.3 is 4.74 Å². The van der Waals surface area contributed by atoms with E-state index in [1.165, 1.54) is 10.7 Å². The Hall–Kier alpha value is -0.490. The number of hydrogen-bond donors (Lipinski definition) is 0. The molecule has 84 valence electrons. The largest absolute Gasteiger partial charge is 0.381 e. The van der Waals surface area contributed by atoms with Crippen molar-refractivity contribution >= 4 is 15.9 Å². The van der Waals surface area contributed by atoms with Gasteiger partial charge in [0.2, 0.25) is 0 Å². The van der Waals surface area contributed by atoms with E-state index in [2.05, 4.69) is 21.0 Å². The van der Waals surface area contributed by atoms with Crippen LogP contribution in [0.4, 0.5) is 8.78 Å². The summed E-state index contributed by atoms with van der Waals surface area (Å²) in [6.07, 6.45) is -0.992. The normalized spacial score (nSPS) is 18.7. The summed E-state index contributed by atoms with van der Waals surface area (Å²) in [5.41, 5.74) is -0.0197. The molecule has 3 nitrogen and oxygen atoms in total. The molecular weight excluding hydrogens is 270 g/mol. The highest BCUT2D eigenvalue weighted by Gasteiger charge is 2.23. The molecule has 0 amide bonds. The predicted octanol–water partition coefficient (Wildman–Crippen LogP) is 2.93. The first-order valence-corrected chi connectivity index (χ1v) is 5.58. The molecular formula is C9H11BrF2N2O. The average molecular weight is 281 g/mol.